The van der Waals surface area contributed by atoms with Gasteiger partial charge < -0.3 is 10.3 Å². The van der Waals surface area contributed by atoms with Crippen molar-refractivity contribution in [2.45, 2.75) is 63.8 Å². The number of carbonyl (C=O) groups excluding carboxylic acids is 1. The van der Waals surface area contributed by atoms with Gasteiger partial charge in [0.1, 0.15) is 11.3 Å². The van der Waals surface area contributed by atoms with Gasteiger partial charge >= 0.3 is 0 Å². The number of pyridine rings is 1. The molecule has 0 bridgehead atoms. The predicted molar refractivity (Wildman–Crippen MR) is 97.6 cm³/mol. The molecule has 2 N–H and O–H groups in total. The number of nitrogens with one attached hydrogen (secondary N) is 2. The SMILES string of the molecule is CC[Si]1(C)CCCC(NC(=O)c2cc3c(F)c(F)c(C)nc3[nH]2)CC1. The minimum absolute atomic E-state index is 0.0140. The largest absolute Gasteiger partial charge is 0.348 e. The zero-order valence-corrected chi connectivity index (χ0v) is 16.0. The summed E-state index contributed by atoms with van der Waals surface area (Å²) in [6.07, 6.45) is 3.13. The van der Waals surface area contributed by atoms with Crippen LogP contribution in [0.3, 0.4) is 0 Å². The molecule has 4 nitrogen and oxygen atoms in total. The van der Waals surface area contributed by atoms with Crippen molar-refractivity contribution >= 4 is 25.0 Å². The molecule has 1 fully saturated rings. The van der Waals surface area contributed by atoms with Gasteiger partial charge in [-0.3, -0.25) is 4.79 Å². The quantitative estimate of drug-likeness (QED) is 0.785. The second-order valence-electron chi connectivity index (χ2n) is 7.54. The van der Waals surface area contributed by atoms with Gasteiger partial charge in [0, 0.05) is 6.04 Å². The number of rotatable bonds is 3. The summed E-state index contributed by atoms with van der Waals surface area (Å²) in [5.41, 5.74) is 0.408. The number of nitrogens with zero attached hydrogens (tertiary/aromatic N) is 1. The van der Waals surface area contributed by atoms with E-state index in [1.807, 2.05) is 0 Å². The summed E-state index contributed by atoms with van der Waals surface area (Å²) < 4.78 is 27.7. The molecule has 136 valence electrons. The Hall–Kier alpha value is -1.76. The van der Waals surface area contributed by atoms with Crippen molar-refractivity contribution in [3.8, 4) is 0 Å². The highest BCUT2D eigenvalue weighted by Crippen LogP contribution is 2.30. The maximum atomic E-state index is 14.0. The lowest BCUT2D eigenvalue weighted by atomic mass is 10.1. The van der Waals surface area contributed by atoms with Crippen molar-refractivity contribution in [3.63, 3.8) is 0 Å². The zero-order valence-electron chi connectivity index (χ0n) is 15.0. The van der Waals surface area contributed by atoms with E-state index in [0.717, 1.165) is 19.3 Å². The third kappa shape index (κ3) is 3.61. The lowest BCUT2D eigenvalue weighted by Gasteiger charge is -2.23. The van der Waals surface area contributed by atoms with Crippen LogP contribution in [-0.4, -0.2) is 30.0 Å². The van der Waals surface area contributed by atoms with E-state index in [1.165, 1.54) is 31.1 Å². The number of hydrogen-bond acceptors (Lipinski definition) is 2. The molecule has 25 heavy (non-hydrogen) atoms. The van der Waals surface area contributed by atoms with E-state index in [1.54, 1.807) is 0 Å². The first kappa shape index (κ1) is 18.0. The van der Waals surface area contributed by atoms with Crippen LogP contribution in [0.5, 0.6) is 0 Å². The first-order valence-electron chi connectivity index (χ1n) is 8.98. The van der Waals surface area contributed by atoms with Crippen molar-refractivity contribution in [1.82, 2.24) is 15.3 Å². The predicted octanol–water partition coefficient (Wildman–Crippen LogP) is 4.53. The van der Waals surface area contributed by atoms with Crippen molar-refractivity contribution in [2.75, 3.05) is 0 Å². The Morgan fingerprint density at radius 2 is 2.12 bits per heavy atom. The molecular weight excluding hydrogens is 340 g/mol. The Kier molecular flexibility index (Phi) is 4.95. The summed E-state index contributed by atoms with van der Waals surface area (Å²) >= 11 is 0. The molecule has 0 aromatic carbocycles. The van der Waals surface area contributed by atoms with E-state index >= 15 is 0 Å². The number of hydrogen-bond donors (Lipinski definition) is 2. The Labute approximate surface area is 147 Å². The molecule has 0 radical (unpaired) electrons. The van der Waals surface area contributed by atoms with Gasteiger partial charge in [-0.2, -0.15) is 0 Å². The fraction of sp³-hybridized carbons (Fsp3) is 0.556. The molecule has 2 unspecified atom stereocenters. The normalized spacial score (nSPS) is 24.3. The summed E-state index contributed by atoms with van der Waals surface area (Å²) in [5, 5.41) is 3.07. The Balaban J connectivity index is 1.75. The van der Waals surface area contributed by atoms with E-state index in [9.17, 15) is 13.6 Å². The number of H-pyrrole nitrogens is 1. The van der Waals surface area contributed by atoms with Crippen LogP contribution in [0.4, 0.5) is 8.78 Å². The van der Waals surface area contributed by atoms with Crippen molar-refractivity contribution in [3.05, 3.63) is 29.1 Å². The fourth-order valence-electron chi connectivity index (χ4n) is 3.64. The third-order valence-corrected chi connectivity index (χ3v) is 10.4. The van der Waals surface area contributed by atoms with Crippen LogP contribution >= 0.6 is 0 Å². The summed E-state index contributed by atoms with van der Waals surface area (Å²) in [5.74, 6) is -2.20. The molecule has 2 atom stereocenters. The molecule has 1 aliphatic heterocycles. The van der Waals surface area contributed by atoms with E-state index in [0.29, 0.717) is 0 Å². The molecule has 3 rings (SSSR count). The molecular formula is C18H25F2N3OSi. The molecule has 3 heterocycles. The monoisotopic (exact) mass is 365 g/mol. The van der Waals surface area contributed by atoms with Gasteiger partial charge in [-0.25, -0.2) is 13.8 Å². The number of aromatic amines is 1. The second kappa shape index (κ2) is 6.86. The lowest BCUT2D eigenvalue weighted by Crippen LogP contribution is -2.35. The van der Waals surface area contributed by atoms with Gasteiger partial charge in [-0.15, -0.1) is 0 Å². The van der Waals surface area contributed by atoms with Gasteiger partial charge in [0.05, 0.1) is 19.2 Å². The number of halogens is 2. The summed E-state index contributed by atoms with van der Waals surface area (Å²) in [7, 11) is -1.14. The van der Waals surface area contributed by atoms with Crippen LogP contribution in [0.25, 0.3) is 11.0 Å². The summed E-state index contributed by atoms with van der Waals surface area (Å²) in [4.78, 5) is 19.3. The molecule has 0 saturated carbocycles. The number of fused-ring (bicyclic) bond motifs is 1. The Morgan fingerprint density at radius 1 is 1.36 bits per heavy atom. The number of carbonyl (C=O) groups is 1. The average molecular weight is 366 g/mol. The first-order chi connectivity index (χ1) is 11.8. The van der Waals surface area contributed by atoms with Crippen LogP contribution < -0.4 is 5.32 Å². The average Bonchev–Trinajstić information content (AvgIpc) is 2.92. The number of aromatic nitrogens is 2. The summed E-state index contributed by atoms with van der Waals surface area (Å²) in [6, 6.07) is 5.32. The smallest absolute Gasteiger partial charge is 0.267 e. The Bertz CT molecular complexity index is 807. The maximum absolute atomic E-state index is 14.0. The maximum Gasteiger partial charge on any atom is 0.267 e. The summed E-state index contributed by atoms with van der Waals surface area (Å²) in [6.45, 7) is 6.12. The van der Waals surface area contributed by atoms with Gasteiger partial charge in [0.15, 0.2) is 11.6 Å². The van der Waals surface area contributed by atoms with E-state index in [2.05, 4.69) is 28.8 Å². The van der Waals surface area contributed by atoms with Gasteiger partial charge in [-0.05, 0) is 25.8 Å². The fourth-order valence-corrected chi connectivity index (χ4v) is 6.70. The van der Waals surface area contributed by atoms with E-state index < -0.39 is 19.7 Å². The highest BCUT2D eigenvalue weighted by atomic mass is 28.3. The first-order valence-corrected chi connectivity index (χ1v) is 12.1. The molecule has 2 aromatic heterocycles. The third-order valence-electron chi connectivity index (χ3n) is 5.69. The Morgan fingerprint density at radius 3 is 2.84 bits per heavy atom. The molecule has 0 aliphatic carbocycles. The molecule has 0 spiro atoms. The molecule has 7 heteroatoms. The van der Waals surface area contributed by atoms with Crippen LogP contribution in [0.2, 0.25) is 24.7 Å². The standard InChI is InChI=1S/C18H25F2N3OSi/c1-4-25(3)8-5-6-12(7-9-25)22-18(24)14-10-13-16(20)15(19)11(2)21-17(13)23-14/h10,12H,4-9H2,1-3H3,(H,21,23)(H,22,24). The number of amides is 1. The van der Waals surface area contributed by atoms with Crippen LogP contribution in [-0.2, 0) is 0 Å². The van der Waals surface area contributed by atoms with Crippen molar-refractivity contribution < 1.29 is 13.6 Å². The molecule has 1 saturated heterocycles. The van der Waals surface area contributed by atoms with Crippen molar-refractivity contribution in [2.24, 2.45) is 0 Å². The van der Waals surface area contributed by atoms with E-state index in [-0.39, 0.29) is 34.4 Å². The molecule has 2 aromatic rings. The molecule has 1 amide bonds. The van der Waals surface area contributed by atoms with Crippen LogP contribution in [0.1, 0.15) is 42.4 Å². The zero-order chi connectivity index (χ0) is 18.2. The highest BCUT2D eigenvalue weighted by Gasteiger charge is 2.29. The number of aryl methyl sites for hydroxylation is 1. The lowest BCUT2D eigenvalue weighted by molar-refractivity contribution is 0.0930. The van der Waals surface area contributed by atoms with Gasteiger partial charge in [0.2, 0.25) is 0 Å². The minimum atomic E-state index is -1.14. The minimum Gasteiger partial charge on any atom is -0.348 e. The highest BCUT2D eigenvalue weighted by molar-refractivity contribution is 6.78. The second-order valence-corrected chi connectivity index (χ2v) is 12.9. The van der Waals surface area contributed by atoms with Crippen LogP contribution in [0.15, 0.2) is 6.07 Å². The van der Waals surface area contributed by atoms with Crippen LogP contribution in [0, 0.1) is 18.6 Å². The molecule has 1 aliphatic rings. The van der Waals surface area contributed by atoms with Gasteiger partial charge in [0.25, 0.3) is 5.91 Å². The van der Waals surface area contributed by atoms with E-state index in [4.69, 9.17) is 0 Å². The van der Waals surface area contributed by atoms with Crippen molar-refractivity contribution in [1.29, 1.82) is 0 Å². The topological polar surface area (TPSA) is 57.8 Å². The van der Waals surface area contributed by atoms with Gasteiger partial charge in [-0.1, -0.05) is 38.0 Å².